The SMILES string of the molecule is CN1CCN(C)C(CNCc2ccc(Br)cc2[N+](=O)[O-])C1. The number of rotatable bonds is 5. The fourth-order valence-electron chi connectivity index (χ4n) is 2.55. The minimum Gasteiger partial charge on any atom is -0.311 e. The van der Waals surface area contributed by atoms with Gasteiger partial charge in [0.2, 0.25) is 0 Å². The van der Waals surface area contributed by atoms with Crippen LogP contribution in [0, 0.1) is 10.1 Å². The largest absolute Gasteiger partial charge is 0.311 e. The molecule has 1 aromatic carbocycles. The third-order valence-corrected chi connectivity index (χ3v) is 4.41. The van der Waals surface area contributed by atoms with E-state index in [0.717, 1.165) is 36.2 Å². The Morgan fingerprint density at radius 1 is 1.43 bits per heavy atom. The maximum Gasteiger partial charge on any atom is 0.275 e. The van der Waals surface area contributed by atoms with Gasteiger partial charge >= 0.3 is 0 Å². The molecule has 116 valence electrons. The van der Waals surface area contributed by atoms with E-state index in [1.807, 2.05) is 6.07 Å². The van der Waals surface area contributed by atoms with Gasteiger partial charge in [-0.05, 0) is 26.2 Å². The summed E-state index contributed by atoms with van der Waals surface area (Å²) < 4.78 is 0.728. The van der Waals surface area contributed by atoms with Crippen molar-refractivity contribution in [2.45, 2.75) is 12.6 Å². The Morgan fingerprint density at radius 3 is 2.90 bits per heavy atom. The highest BCUT2D eigenvalue weighted by molar-refractivity contribution is 9.10. The normalized spacial score (nSPS) is 20.6. The Balaban J connectivity index is 1.93. The molecule has 0 bridgehead atoms. The van der Waals surface area contributed by atoms with Gasteiger partial charge in [0.15, 0.2) is 0 Å². The minimum absolute atomic E-state index is 0.158. The standard InChI is InChI=1S/C14H21BrN4O2/c1-17-5-6-18(2)13(10-17)9-16-8-11-3-4-12(15)7-14(11)19(20)21/h3-4,7,13,16H,5-6,8-10H2,1-2H3. The third-order valence-electron chi connectivity index (χ3n) is 3.92. The van der Waals surface area contributed by atoms with Gasteiger partial charge in [0.25, 0.3) is 5.69 Å². The maximum absolute atomic E-state index is 11.1. The van der Waals surface area contributed by atoms with E-state index >= 15 is 0 Å². The van der Waals surface area contributed by atoms with E-state index in [1.54, 1.807) is 12.1 Å². The van der Waals surface area contributed by atoms with Crippen LogP contribution in [0.5, 0.6) is 0 Å². The summed E-state index contributed by atoms with van der Waals surface area (Å²) in [6.45, 7) is 4.50. The van der Waals surface area contributed by atoms with Crippen molar-refractivity contribution in [2.24, 2.45) is 0 Å². The highest BCUT2D eigenvalue weighted by Gasteiger charge is 2.22. The molecule has 1 heterocycles. The molecule has 0 radical (unpaired) electrons. The first-order valence-electron chi connectivity index (χ1n) is 6.99. The highest BCUT2D eigenvalue weighted by Crippen LogP contribution is 2.23. The number of hydrogen-bond acceptors (Lipinski definition) is 5. The molecule has 1 N–H and O–H groups in total. The lowest BCUT2D eigenvalue weighted by Gasteiger charge is -2.37. The van der Waals surface area contributed by atoms with Crippen LogP contribution in [0.2, 0.25) is 0 Å². The van der Waals surface area contributed by atoms with Gasteiger partial charge < -0.3 is 10.2 Å². The molecule has 1 aliphatic heterocycles. The molecule has 7 heteroatoms. The molecule has 1 fully saturated rings. The van der Waals surface area contributed by atoms with E-state index in [9.17, 15) is 10.1 Å². The molecular weight excluding hydrogens is 336 g/mol. The number of likely N-dealkylation sites (N-methyl/N-ethyl adjacent to an activating group) is 2. The number of hydrogen-bond donors (Lipinski definition) is 1. The van der Waals surface area contributed by atoms with Gasteiger partial charge in [-0.2, -0.15) is 0 Å². The third kappa shape index (κ3) is 4.47. The molecule has 1 aliphatic rings. The Hall–Kier alpha value is -1.02. The summed E-state index contributed by atoms with van der Waals surface area (Å²) in [5, 5.41) is 14.4. The number of nitro benzene ring substituents is 1. The van der Waals surface area contributed by atoms with Gasteiger partial charge in [-0.25, -0.2) is 0 Å². The molecule has 1 atom stereocenters. The second-order valence-electron chi connectivity index (χ2n) is 5.56. The van der Waals surface area contributed by atoms with Crippen LogP contribution in [0.1, 0.15) is 5.56 Å². The topological polar surface area (TPSA) is 61.6 Å². The first-order chi connectivity index (χ1) is 9.97. The average molecular weight is 357 g/mol. The van der Waals surface area contributed by atoms with Crippen molar-refractivity contribution in [2.75, 3.05) is 40.3 Å². The molecule has 0 saturated carbocycles. The van der Waals surface area contributed by atoms with E-state index in [1.165, 1.54) is 0 Å². The highest BCUT2D eigenvalue weighted by atomic mass is 79.9. The fourth-order valence-corrected chi connectivity index (χ4v) is 2.90. The molecule has 1 aromatic rings. The van der Waals surface area contributed by atoms with Crippen molar-refractivity contribution in [3.8, 4) is 0 Å². The van der Waals surface area contributed by atoms with Gasteiger partial charge in [-0.1, -0.05) is 15.9 Å². The van der Waals surface area contributed by atoms with Gasteiger partial charge in [-0.3, -0.25) is 15.0 Å². The van der Waals surface area contributed by atoms with Crippen LogP contribution in [0.4, 0.5) is 5.69 Å². The lowest BCUT2D eigenvalue weighted by atomic mass is 10.1. The summed E-state index contributed by atoms with van der Waals surface area (Å²) in [6.07, 6.45) is 0. The van der Waals surface area contributed by atoms with Crippen LogP contribution < -0.4 is 5.32 Å². The number of nitro groups is 1. The molecule has 21 heavy (non-hydrogen) atoms. The first-order valence-corrected chi connectivity index (χ1v) is 7.79. The summed E-state index contributed by atoms with van der Waals surface area (Å²) in [4.78, 5) is 15.4. The molecular formula is C14H21BrN4O2. The Labute approximate surface area is 133 Å². The van der Waals surface area contributed by atoms with E-state index in [0.29, 0.717) is 12.6 Å². The van der Waals surface area contributed by atoms with Crippen LogP contribution in [-0.4, -0.2) is 61.0 Å². The second-order valence-corrected chi connectivity index (χ2v) is 6.47. The average Bonchev–Trinajstić information content (AvgIpc) is 2.44. The zero-order valence-electron chi connectivity index (χ0n) is 12.4. The van der Waals surface area contributed by atoms with Crippen molar-refractivity contribution < 1.29 is 4.92 Å². The molecule has 1 saturated heterocycles. The Kier molecular flexibility index (Phi) is 5.69. The van der Waals surface area contributed by atoms with Crippen LogP contribution in [0.25, 0.3) is 0 Å². The molecule has 6 nitrogen and oxygen atoms in total. The molecule has 0 aliphatic carbocycles. The van der Waals surface area contributed by atoms with E-state index in [2.05, 4.69) is 45.1 Å². The smallest absolute Gasteiger partial charge is 0.275 e. The summed E-state index contributed by atoms with van der Waals surface area (Å²) in [5.41, 5.74) is 0.876. The van der Waals surface area contributed by atoms with Crippen molar-refractivity contribution in [3.63, 3.8) is 0 Å². The van der Waals surface area contributed by atoms with E-state index in [-0.39, 0.29) is 10.6 Å². The first kappa shape index (κ1) is 16.4. The number of benzene rings is 1. The molecule has 1 unspecified atom stereocenters. The van der Waals surface area contributed by atoms with Gasteiger partial charge in [-0.15, -0.1) is 0 Å². The van der Waals surface area contributed by atoms with Gasteiger partial charge in [0.05, 0.1) is 4.92 Å². The minimum atomic E-state index is -0.331. The van der Waals surface area contributed by atoms with Gasteiger partial charge in [0, 0.05) is 54.9 Å². The zero-order valence-corrected chi connectivity index (χ0v) is 14.0. The maximum atomic E-state index is 11.1. The van der Waals surface area contributed by atoms with Crippen LogP contribution in [0.15, 0.2) is 22.7 Å². The molecule has 0 spiro atoms. The summed E-state index contributed by atoms with van der Waals surface area (Å²) in [7, 11) is 4.25. The quantitative estimate of drug-likeness (QED) is 0.642. The van der Waals surface area contributed by atoms with Crippen LogP contribution >= 0.6 is 15.9 Å². The zero-order chi connectivity index (χ0) is 15.4. The Morgan fingerprint density at radius 2 is 2.19 bits per heavy atom. The number of piperazine rings is 1. The van der Waals surface area contributed by atoms with Crippen molar-refractivity contribution in [1.29, 1.82) is 0 Å². The molecule has 0 aromatic heterocycles. The molecule has 2 rings (SSSR count). The van der Waals surface area contributed by atoms with Crippen LogP contribution in [0.3, 0.4) is 0 Å². The predicted molar refractivity (Wildman–Crippen MR) is 86.4 cm³/mol. The summed E-state index contributed by atoms with van der Waals surface area (Å²) in [5.74, 6) is 0. The van der Waals surface area contributed by atoms with Crippen molar-refractivity contribution in [1.82, 2.24) is 15.1 Å². The van der Waals surface area contributed by atoms with E-state index in [4.69, 9.17) is 0 Å². The fraction of sp³-hybridized carbons (Fsp3) is 0.571. The second kappa shape index (κ2) is 7.31. The number of nitrogens with one attached hydrogen (secondary N) is 1. The van der Waals surface area contributed by atoms with Gasteiger partial charge in [0.1, 0.15) is 0 Å². The predicted octanol–water partition coefficient (Wildman–Crippen LogP) is 1.69. The van der Waals surface area contributed by atoms with Crippen LogP contribution in [-0.2, 0) is 6.54 Å². The number of nitrogens with zero attached hydrogens (tertiary/aromatic N) is 3. The lowest BCUT2D eigenvalue weighted by Crippen LogP contribution is -2.53. The number of halogens is 1. The van der Waals surface area contributed by atoms with E-state index < -0.39 is 0 Å². The van der Waals surface area contributed by atoms with Crippen molar-refractivity contribution >= 4 is 21.6 Å². The monoisotopic (exact) mass is 356 g/mol. The lowest BCUT2D eigenvalue weighted by molar-refractivity contribution is -0.385. The summed E-state index contributed by atoms with van der Waals surface area (Å²) >= 11 is 3.27. The van der Waals surface area contributed by atoms with Crippen molar-refractivity contribution in [3.05, 3.63) is 38.3 Å². The summed E-state index contributed by atoms with van der Waals surface area (Å²) in [6, 6.07) is 5.63. The molecule has 0 amide bonds. The Bertz CT molecular complexity index is 512.